The van der Waals surface area contributed by atoms with E-state index < -0.39 is 6.10 Å². The van der Waals surface area contributed by atoms with Gasteiger partial charge in [0.25, 0.3) is 0 Å². The van der Waals surface area contributed by atoms with Crippen LogP contribution in [0.25, 0.3) is 0 Å². The average molecular weight is 253 g/mol. The molecule has 0 spiro atoms. The minimum atomic E-state index is -0.467. The van der Waals surface area contributed by atoms with Crippen LogP contribution in [0.2, 0.25) is 0 Å². The molecule has 100 valence electrons. The molecule has 4 heteroatoms. The number of aliphatic hydroxyl groups is 1. The summed E-state index contributed by atoms with van der Waals surface area (Å²) < 4.78 is 13.4. The third kappa shape index (κ3) is 4.45. The van der Waals surface area contributed by atoms with Gasteiger partial charge in [-0.25, -0.2) is 4.39 Å². The van der Waals surface area contributed by atoms with Gasteiger partial charge in [-0.3, -0.25) is 4.79 Å². The van der Waals surface area contributed by atoms with Gasteiger partial charge in [-0.05, 0) is 43.9 Å². The van der Waals surface area contributed by atoms with Crippen LogP contribution >= 0.6 is 0 Å². The third-order valence-electron chi connectivity index (χ3n) is 2.78. The van der Waals surface area contributed by atoms with E-state index >= 15 is 0 Å². The van der Waals surface area contributed by atoms with E-state index in [1.165, 1.54) is 0 Å². The minimum Gasteiger partial charge on any atom is -0.393 e. The monoisotopic (exact) mass is 253 g/mol. The Morgan fingerprint density at radius 1 is 1.39 bits per heavy atom. The highest BCUT2D eigenvalue weighted by molar-refractivity contribution is 5.75. The fourth-order valence-electron chi connectivity index (χ4n) is 1.77. The van der Waals surface area contributed by atoms with Crippen molar-refractivity contribution in [3.05, 3.63) is 34.6 Å². The number of amides is 1. The van der Waals surface area contributed by atoms with Gasteiger partial charge in [0, 0.05) is 13.0 Å². The molecule has 0 heterocycles. The van der Waals surface area contributed by atoms with Crippen molar-refractivity contribution in [3.63, 3.8) is 0 Å². The second kappa shape index (κ2) is 6.50. The second-order valence-corrected chi connectivity index (χ2v) is 4.71. The van der Waals surface area contributed by atoms with Gasteiger partial charge >= 0.3 is 0 Å². The Labute approximate surface area is 107 Å². The summed E-state index contributed by atoms with van der Waals surface area (Å²) in [7, 11) is 0. The summed E-state index contributed by atoms with van der Waals surface area (Å²) >= 11 is 0. The number of nitrogens with one attached hydrogen (secondary N) is 1. The maximum atomic E-state index is 13.4. The zero-order valence-electron chi connectivity index (χ0n) is 11.1. The van der Waals surface area contributed by atoms with Crippen LogP contribution in [-0.2, 0) is 11.3 Å². The summed E-state index contributed by atoms with van der Waals surface area (Å²) in [4.78, 5) is 11.5. The topological polar surface area (TPSA) is 49.3 Å². The Hall–Kier alpha value is -1.42. The highest BCUT2D eigenvalue weighted by Crippen LogP contribution is 2.14. The van der Waals surface area contributed by atoms with Gasteiger partial charge in [-0.1, -0.05) is 12.1 Å². The number of halogens is 1. The Morgan fingerprint density at radius 3 is 2.44 bits per heavy atom. The molecule has 1 amide bonds. The van der Waals surface area contributed by atoms with Crippen LogP contribution in [0.4, 0.5) is 4.39 Å². The second-order valence-electron chi connectivity index (χ2n) is 4.71. The van der Waals surface area contributed by atoms with Crippen LogP contribution in [0.3, 0.4) is 0 Å². The molecule has 0 aliphatic rings. The Balaban J connectivity index is 2.51. The van der Waals surface area contributed by atoms with Crippen molar-refractivity contribution in [1.29, 1.82) is 0 Å². The predicted molar refractivity (Wildman–Crippen MR) is 68.6 cm³/mol. The lowest BCUT2D eigenvalue weighted by molar-refractivity contribution is -0.121. The lowest BCUT2D eigenvalue weighted by Gasteiger charge is -2.09. The predicted octanol–water partition coefficient (Wildman–Crippen LogP) is 2.22. The van der Waals surface area contributed by atoms with Crippen molar-refractivity contribution in [1.82, 2.24) is 5.32 Å². The van der Waals surface area contributed by atoms with Crippen LogP contribution in [-0.4, -0.2) is 17.1 Å². The number of hydrogen-bond donors (Lipinski definition) is 2. The van der Waals surface area contributed by atoms with Crippen molar-refractivity contribution in [3.8, 4) is 0 Å². The van der Waals surface area contributed by atoms with Gasteiger partial charge in [0.15, 0.2) is 0 Å². The first-order valence-corrected chi connectivity index (χ1v) is 6.10. The number of carbonyl (C=O) groups is 1. The standard InChI is InChI=1S/C14H20FNO2/c1-9-6-12(7-10(2)14(9)15)8-16-13(18)5-4-11(3)17/h6-7,11,17H,4-5,8H2,1-3H3,(H,16,18). The highest BCUT2D eigenvalue weighted by Gasteiger charge is 2.07. The van der Waals surface area contributed by atoms with E-state index in [0.29, 0.717) is 30.5 Å². The van der Waals surface area contributed by atoms with Crippen molar-refractivity contribution < 1.29 is 14.3 Å². The smallest absolute Gasteiger partial charge is 0.220 e. The molecule has 1 atom stereocenters. The van der Waals surface area contributed by atoms with Crippen LogP contribution in [0, 0.1) is 19.7 Å². The molecule has 0 saturated heterocycles. The van der Waals surface area contributed by atoms with E-state index in [9.17, 15) is 9.18 Å². The maximum absolute atomic E-state index is 13.4. The van der Waals surface area contributed by atoms with Gasteiger partial charge in [0.05, 0.1) is 6.10 Å². The molecule has 1 aromatic carbocycles. The number of hydrogen-bond acceptors (Lipinski definition) is 2. The summed E-state index contributed by atoms with van der Waals surface area (Å²) in [5.74, 6) is -0.297. The van der Waals surface area contributed by atoms with E-state index in [0.717, 1.165) is 5.56 Å². The molecule has 0 aromatic heterocycles. The largest absolute Gasteiger partial charge is 0.393 e. The molecule has 1 unspecified atom stereocenters. The summed E-state index contributed by atoms with van der Waals surface area (Å²) in [6, 6.07) is 3.47. The first-order chi connectivity index (χ1) is 8.40. The lowest BCUT2D eigenvalue weighted by Crippen LogP contribution is -2.23. The van der Waals surface area contributed by atoms with Crippen LogP contribution in [0.15, 0.2) is 12.1 Å². The Morgan fingerprint density at radius 2 is 1.94 bits per heavy atom. The number of carbonyl (C=O) groups excluding carboxylic acids is 1. The van der Waals surface area contributed by atoms with Crippen molar-refractivity contribution >= 4 is 5.91 Å². The molecular weight excluding hydrogens is 233 g/mol. The number of aliphatic hydroxyl groups excluding tert-OH is 1. The van der Waals surface area contributed by atoms with Crippen LogP contribution in [0.1, 0.15) is 36.5 Å². The molecule has 0 saturated carbocycles. The first kappa shape index (κ1) is 14.6. The van der Waals surface area contributed by atoms with Crippen molar-refractivity contribution in [2.24, 2.45) is 0 Å². The fraction of sp³-hybridized carbons (Fsp3) is 0.500. The van der Waals surface area contributed by atoms with Gasteiger partial charge in [-0.2, -0.15) is 0 Å². The Bertz CT molecular complexity index is 407. The van der Waals surface area contributed by atoms with E-state index in [1.54, 1.807) is 32.9 Å². The molecule has 2 N–H and O–H groups in total. The summed E-state index contributed by atoms with van der Waals surface area (Å²) in [5.41, 5.74) is 2.06. The molecule has 0 aliphatic carbocycles. The van der Waals surface area contributed by atoms with Gasteiger partial charge < -0.3 is 10.4 Å². The van der Waals surface area contributed by atoms with Gasteiger partial charge in [0.2, 0.25) is 5.91 Å². The Kier molecular flexibility index (Phi) is 5.28. The molecular formula is C14H20FNO2. The van der Waals surface area contributed by atoms with E-state index in [1.807, 2.05) is 0 Å². The number of aryl methyl sites for hydroxylation is 2. The average Bonchev–Trinajstić information content (AvgIpc) is 2.30. The SMILES string of the molecule is Cc1cc(CNC(=O)CCC(C)O)cc(C)c1F. The van der Waals surface area contributed by atoms with E-state index in [2.05, 4.69) is 5.32 Å². The van der Waals surface area contributed by atoms with E-state index in [-0.39, 0.29) is 11.7 Å². The zero-order chi connectivity index (χ0) is 13.7. The molecule has 0 aliphatic heterocycles. The van der Waals surface area contributed by atoms with Crippen LogP contribution < -0.4 is 5.32 Å². The third-order valence-corrected chi connectivity index (χ3v) is 2.78. The van der Waals surface area contributed by atoms with Crippen molar-refractivity contribution in [2.75, 3.05) is 0 Å². The molecule has 1 rings (SSSR count). The van der Waals surface area contributed by atoms with Crippen LogP contribution in [0.5, 0.6) is 0 Å². The minimum absolute atomic E-state index is 0.101. The highest BCUT2D eigenvalue weighted by atomic mass is 19.1. The first-order valence-electron chi connectivity index (χ1n) is 6.10. The summed E-state index contributed by atoms with van der Waals surface area (Å²) in [6.45, 7) is 5.46. The maximum Gasteiger partial charge on any atom is 0.220 e. The lowest BCUT2D eigenvalue weighted by atomic mass is 10.1. The molecule has 0 bridgehead atoms. The summed E-state index contributed by atoms with van der Waals surface area (Å²) in [6.07, 6.45) is 0.287. The van der Waals surface area contributed by atoms with Gasteiger partial charge in [0.1, 0.15) is 5.82 Å². The molecule has 18 heavy (non-hydrogen) atoms. The normalized spacial score (nSPS) is 12.3. The number of rotatable bonds is 5. The van der Waals surface area contributed by atoms with Crippen molar-refractivity contribution in [2.45, 2.75) is 46.3 Å². The van der Waals surface area contributed by atoms with Gasteiger partial charge in [-0.15, -0.1) is 0 Å². The molecule has 1 aromatic rings. The molecule has 0 fully saturated rings. The summed E-state index contributed by atoms with van der Waals surface area (Å²) in [5, 5.41) is 11.8. The number of benzene rings is 1. The quantitative estimate of drug-likeness (QED) is 0.845. The molecule has 0 radical (unpaired) electrons. The van der Waals surface area contributed by atoms with E-state index in [4.69, 9.17) is 5.11 Å². The zero-order valence-corrected chi connectivity index (χ0v) is 11.1. The molecule has 3 nitrogen and oxygen atoms in total. The fourth-order valence-corrected chi connectivity index (χ4v) is 1.77.